The molecule has 0 spiro atoms. The highest BCUT2D eigenvalue weighted by atomic mass is 16.5. The van der Waals surface area contributed by atoms with Gasteiger partial charge >= 0.3 is 5.97 Å². The third kappa shape index (κ3) is 3.84. The van der Waals surface area contributed by atoms with Crippen LogP contribution in [-0.2, 0) is 14.9 Å². The number of benzene rings is 1. The maximum Gasteiger partial charge on any atom is 0.305 e. The number of carbonyl (C=O) groups excluding carboxylic acids is 1. The van der Waals surface area contributed by atoms with E-state index in [-0.39, 0.29) is 11.9 Å². The minimum Gasteiger partial charge on any atom is -0.466 e. The molecule has 0 aliphatic carbocycles. The van der Waals surface area contributed by atoms with E-state index in [1.54, 1.807) is 6.92 Å². The molecule has 0 bridgehead atoms. The predicted molar refractivity (Wildman–Crippen MR) is 79.1 cm³/mol. The van der Waals surface area contributed by atoms with E-state index in [1.807, 2.05) is 30.3 Å². The number of esters is 1. The van der Waals surface area contributed by atoms with Crippen LogP contribution < -0.4 is 0 Å². The molecule has 1 rings (SSSR count). The van der Waals surface area contributed by atoms with E-state index in [0.29, 0.717) is 25.9 Å². The molecule has 1 aromatic rings. The molecule has 1 aromatic carbocycles. The second-order valence-electron chi connectivity index (χ2n) is 5.28. The normalized spacial score (nSPS) is 13.6. The summed E-state index contributed by atoms with van der Waals surface area (Å²) in [5.74, 6) is 0.0218. The van der Waals surface area contributed by atoms with Gasteiger partial charge in [-0.15, -0.1) is 0 Å². The monoisotopic (exact) mass is 273 g/mol. The Balaban J connectivity index is 2.76. The van der Waals surface area contributed by atoms with Crippen molar-refractivity contribution < 1.29 is 9.53 Å². The number of nitriles is 1. The average molecular weight is 273 g/mol. The number of nitrogens with zero attached hydrogens (tertiary/aromatic N) is 1. The fourth-order valence-electron chi connectivity index (χ4n) is 2.39. The van der Waals surface area contributed by atoms with Gasteiger partial charge in [0, 0.05) is 6.42 Å². The Bertz CT molecular complexity index is 462. The van der Waals surface area contributed by atoms with Gasteiger partial charge in [0.05, 0.1) is 18.1 Å². The Kier molecular flexibility index (Phi) is 6.24. The highest BCUT2D eigenvalue weighted by Crippen LogP contribution is 2.36. The zero-order chi connectivity index (χ0) is 15.0. The van der Waals surface area contributed by atoms with Crippen LogP contribution in [0.3, 0.4) is 0 Å². The Hall–Kier alpha value is -1.82. The molecule has 3 nitrogen and oxygen atoms in total. The van der Waals surface area contributed by atoms with E-state index in [2.05, 4.69) is 19.9 Å². The van der Waals surface area contributed by atoms with E-state index in [0.717, 1.165) is 5.56 Å². The summed E-state index contributed by atoms with van der Waals surface area (Å²) in [6.07, 6.45) is 1.79. The Morgan fingerprint density at radius 2 is 2.00 bits per heavy atom. The number of rotatable bonds is 7. The molecule has 20 heavy (non-hydrogen) atoms. The largest absolute Gasteiger partial charge is 0.466 e. The zero-order valence-electron chi connectivity index (χ0n) is 12.6. The molecule has 1 atom stereocenters. The summed E-state index contributed by atoms with van der Waals surface area (Å²) in [7, 11) is 0. The lowest BCUT2D eigenvalue weighted by Crippen LogP contribution is -2.31. The van der Waals surface area contributed by atoms with Crippen LogP contribution in [-0.4, -0.2) is 12.6 Å². The molecular formula is C17H23NO2. The molecular weight excluding hydrogens is 250 g/mol. The van der Waals surface area contributed by atoms with E-state index < -0.39 is 5.41 Å². The van der Waals surface area contributed by atoms with Gasteiger partial charge in [0.25, 0.3) is 0 Å². The lowest BCUT2D eigenvalue weighted by atomic mass is 9.70. The second kappa shape index (κ2) is 7.69. The van der Waals surface area contributed by atoms with Gasteiger partial charge in [-0.2, -0.15) is 5.26 Å². The Labute approximate surface area is 121 Å². The van der Waals surface area contributed by atoms with Gasteiger partial charge in [-0.25, -0.2) is 0 Å². The molecule has 0 radical (unpaired) electrons. The van der Waals surface area contributed by atoms with Crippen molar-refractivity contribution in [1.29, 1.82) is 5.26 Å². The summed E-state index contributed by atoms with van der Waals surface area (Å²) < 4.78 is 5.10. The fraction of sp³-hybridized carbons (Fsp3) is 0.529. The lowest BCUT2D eigenvalue weighted by molar-refractivity contribution is -0.143. The zero-order valence-corrected chi connectivity index (χ0v) is 12.6. The van der Waals surface area contributed by atoms with Gasteiger partial charge in [-0.05, 0) is 24.3 Å². The smallest absolute Gasteiger partial charge is 0.305 e. The molecule has 0 heterocycles. The van der Waals surface area contributed by atoms with Crippen LogP contribution in [0.2, 0.25) is 0 Å². The molecule has 0 amide bonds. The summed E-state index contributed by atoms with van der Waals surface area (Å²) >= 11 is 0. The predicted octanol–water partition coefficient (Wildman–Crippen LogP) is 3.84. The van der Waals surface area contributed by atoms with Crippen molar-refractivity contribution in [2.75, 3.05) is 6.61 Å². The molecule has 0 aromatic heterocycles. The third-order valence-corrected chi connectivity index (χ3v) is 3.74. The van der Waals surface area contributed by atoms with E-state index in [4.69, 9.17) is 4.74 Å². The molecule has 0 saturated heterocycles. The summed E-state index contributed by atoms with van der Waals surface area (Å²) in [6, 6.07) is 12.4. The van der Waals surface area contributed by atoms with Crippen molar-refractivity contribution in [3.05, 3.63) is 35.9 Å². The van der Waals surface area contributed by atoms with Crippen LogP contribution >= 0.6 is 0 Å². The fourth-order valence-corrected chi connectivity index (χ4v) is 2.39. The van der Waals surface area contributed by atoms with Crippen LogP contribution in [0.1, 0.15) is 45.6 Å². The maximum absolute atomic E-state index is 11.1. The Morgan fingerprint density at radius 1 is 1.35 bits per heavy atom. The van der Waals surface area contributed by atoms with Gasteiger partial charge in [0.1, 0.15) is 0 Å². The Morgan fingerprint density at radius 3 is 2.50 bits per heavy atom. The van der Waals surface area contributed by atoms with Crippen LogP contribution in [0.25, 0.3) is 0 Å². The topological polar surface area (TPSA) is 50.1 Å². The van der Waals surface area contributed by atoms with Crippen molar-refractivity contribution in [1.82, 2.24) is 0 Å². The molecule has 0 saturated carbocycles. The first-order valence-corrected chi connectivity index (χ1v) is 7.19. The van der Waals surface area contributed by atoms with Crippen molar-refractivity contribution >= 4 is 5.97 Å². The van der Waals surface area contributed by atoms with E-state index >= 15 is 0 Å². The molecule has 0 aliphatic heterocycles. The van der Waals surface area contributed by atoms with Crippen molar-refractivity contribution in [3.8, 4) is 6.07 Å². The number of hydrogen-bond acceptors (Lipinski definition) is 3. The SMILES string of the molecule is CCC(=O)OCCC[C@](C#N)(c1ccccc1)C(C)C. The number of carbonyl (C=O) groups is 1. The van der Waals surface area contributed by atoms with Crippen LogP contribution in [0.4, 0.5) is 0 Å². The first-order valence-electron chi connectivity index (χ1n) is 7.19. The minimum absolute atomic E-state index is 0.184. The molecule has 0 aliphatic rings. The molecule has 3 heteroatoms. The van der Waals surface area contributed by atoms with Gasteiger partial charge in [0.2, 0.25) is 0 Å². The molecule has 0 N–H and O–H groups in total. The van der Waals surface area contributed by atoms with Crippen LogP contribution in [0.15, 0.2) is 30.3 Å². The second-order valence-corrected chi connectivity index (χ2v) is 5.28. The van der Waals surface area contributed by atoms with Crippen molar-refractivity contribution in [3.63, 3.8) is 0 Å². The quantitative estimate of drug-likeness (QED) is 0.560. The average Bonchev–Trinajstić information content (AvgIpc) is 2.48. The van der Waals surface area contributed by atoms with Gasteiger partial charge in [-0.3, -0.25) is 4.79 Å². The molecule has 0 fully saturated rings. The highest BCUT2D eigenvalue weighted by molar-refractivity contribution is 5.68. The van der Waals surface area contributed by atoms with E-state index in [1.165, 1.54) is 0 Å². The number of ether oxygens (including phenoxy) is 1. The summed E-state index contributed by atoms with van der Waals surface area (Å²) in [4.78, 5) is 11.1. The first-order chi connectivity index (χ1) is 9.56. The van der Waals surface area contributed by atoms with Crippen molar-refractivity contribution in [2.24, 2.45) is 5.92 Å². The molecule has 108 valence electrons. The van der Waals surface area contributed by atoms with Crippen LogP contribution in [0.5, 0.6) is 0 Å². The molecule has 0 unspecified atom stereocenters. The summed E-state index contributed by atoms with van der Waals surface area (Å²) in [5.41, 5.74) is 0.527. The van der Waals surface area contributed by atoms with E-state index in [9.17, 15) is 10.1 Å². The third-order valence-electron chi connectivity index (χ3n) is 3.74. The maximum atomic E-state index is 11.1. The van der Waals surface area contributed by atoms with Gasteiger partial charge in [-0.1, -0.05) is 51.1 Å². The lowest BCUT2D eigenvalue weighted by Gasteiger charge is -2.31. The minimum atomic E-state index is -0.514. The van der Waals surface area contributed by atoms with Crippen molar-refractivity contribution in [2.45, 2.75) is 45.4 Å². The summed E-state index contributed by atoms with van der Waals surface area (Å²) in [6.45, 7) is 6.29. The number of hydrogen-bond donors (Lipinski definition) is 0. The summed E-state index contributed by atoms with van der Waals surface area (Å²) in [5, 5.41) is 9.70. The van der Waals surface area contributed by atoms with Gasteiger partial charge < -0.3 is 4.74 Å². The standard InChI is InChI=1S/C17H23NO2/c1-4-16(19)20-12-8-11-17(13-18,14(2)3)15-9-6-5-7-10-15/h5-7,9-10,14H,4,8,11-12H2,1-3H3/t17-/m1/s1. The first kappa shape index (κ1) is 16.2. The highest BCUT2D eigenvalue weighted by Gasteiger charge is 2.35. The van der Waals surface area contributed by atoms with Crippen LogP contribution in [0, 0.1) is 17.2 Å². The van der Waals surface area contributed by atoms with Gasteiger partial charge in [0.15, 0.2) is 0 Å².